The van der Waals surface area contributed by atoms with Crippen LogP contribution in [0.5, 0.6) is 0 Å². The molecule has 0 fully saturated rings. The van der Waals surface area contributed by atoms with Crippen molar-refractivity contribution >= 4 is 7.85 Å². The molecule has 0 aromatic carbocycles. The number of hydrogen-bond acceptors (Lipinski definition) is 1. The van der Waals surface area contributed by atoms with Crippen LogP contribution in [0.4, 0.5) is 0 Å². The van der Waals surface area contributed by atoms with Crippen molar-refractivity contribution in [3.63, 3.8) is 0 Å². The van der Waals surface area contributed by atoms with E-state index in [0.29, 0.717) is 0 Å². The molecule has 0 aromatic rings. The predicted molar refractivity (Wildman–Crippen MR) is 59.4 cm³/mol. The molecule has 0 amide bonds. The molecule has 2 heteroatoms. The van der Waals surface area contributed by atoms with Crippen molar-refractivity contribution in [2.45, 2.75) is 64.8 Å². The zero-order chi connectivity index (χ0) is 10.5. The van der Waals surface area contributed by atoms with E-state index in [1.807, 2.05) is 0 Å². The number of unbranched alkanes of at least 4 members (excludes halogenated alkanes) is 1. The van der Waals surface area contributed by atoms with Crippen LogP contribution in [0.1, 0.15) is 53.9 Å². The van der Waals surface area contributed by atoms with E-state index in [0.717, 1.165) is 25.9 Å². The van der Waals surface area contributed by atoms with Crippen molar-refractivity contribution in [3.05, 3.63) is 0 Å². The first-order valence-electron chi connectivity index (χ1n) is 5.14. The largest absolute Gasteiger partial charge is 0.376 e. The summed E-state index contributed by atoms with van der Waals surface area (Å²) in [6.07, 6.45) is 3.33. The van der Waals surface area contributed by atoms with Gasteiger partial charge in [-0.25, -0.2) is 0 Å². The summed E-state index contributed by atoms with van der Waals surface area (Å²) in [4.78, 5) is 0. The van der Waals surface area contributed by atoms with Crippen LogP contribution in [-0.2, 0) is 4.74 Å². The highest BCUT2D eigenvalue weighted by molar-refractivity contribution is 6.14. The molecule has 2 radical (unpaired) electrons. The summed E-state index contributed by atoms with van der Waals surface area (Å²) in [6.45, 7) is 11.2. The lowest BCUT2D eigenvalue weighted by Crippen LogP contribution is -2.19. The maximum absolute atomic E-state index is 5.86. The molecule has 76 valence electrons. The molecule has 0 rings (SSSR count). The molecule has 0 aromatic heterocycles. The van der Waals surface area contributed by atoms with E-state index in [2.05, 4.69) is 34.6 Å². The quantitative estimate of drug-likeness (QED) is 0.468. The lowest BCUT2D eigenvalue weighted by Gasteiger charge is -2.21. The number of hydrogen-bond donors (Lipinski definition) is 0. The molecular formula is C11H23BO. The van der Waals surface area contributed by atoms with Gasteiger partial charge in [0.1, 0.15) is 0 Å². The van der Waals surface area contributed by atoms with Crippen molar-refractivity contribution in [1.82, 2.24) is 0 Å². The topological polar surface area (TPSA) is 9.23 Å². The van der Waals surface area contributed by atoms with Gasteiger partial charge in [0.2, 0.25) is 0 Å². The summed E-state index contributed by atoms with van der Waals surface area (Å²) >= 11 is 0. The second kappa shape index (κ2) is 5.04. The Labute approximate surface area is 84.7 Å². The minimum Gasteiger partial charge on any atom is -0.376 e. The molecule has 0 aliphatic rings. The van der Waals surface area contributed by atoms with Crippen molar-refractivity contribution < 1.29 is 4.74 Å². The molecule has 0 atom stereocenters. The van der Waals surface area contributed by atoms with Gasteiger partial charge in [0.05, 0.1) is 13.4 Å². The van der Waals surface area contributed by atoms with Crippen LogP contribution in [0.25, 0.3) is 0 Å². The number of rotatable bonds is 5. The predicted octanol–water partition coefficient (Wildman–Crippen LogP) is 3.34. The second-order valence-corrected chi connectivity index (χ2v) is 5.41. The van der Waals surface area contributed by atoms with Gasteiger partial charge in [-0.15, -0.1) is 0 Å². The third-order valence-electron chi connectivity index (χ3n) is 1.75. The Morgan fingerprint density at radius 3 is 1.92 bits per heavy atom. The third kappa shape index (κ3) is 12.0. The third-order valence-corrected chi connectivity index (χ3v) is 1.75. The van der Waals surface area contributed by atoms with Gasteiger partial charge < -0.3 is 4.74 Å². The van der Waals surface area contributed by atoms with Gasteiger partial charge in [-0.3, -0.25) is 0 Å². The normalized spacial score (nSPS) is 13.3. The summed E-state index contributed by atoms with van der Waals surface area (Å²) in [7, 11) is 5.86. The molecule has 0 aliphatic heterocycles. The fourth-order valence-electron chi connectivity index (χ4n) is 1.06. The summed E-state index contributed by atoms with van der Waals surface area (Å²) in [5.74, 6) is 0. The van der Waals surface area contributed by atoms with Gasteiger partial charge in [0.25, 0.3) is 0 Å². The standard InChI is InChI=1S/C11H23BO/c1-10(2,3)13-9-7-6-8-11(4,5)12/h6-9H2,1-5H3. The Balaban J connectivity index is 3.28. The Bertz CT molecular complexity index is 114. The smallest absolute Gasteiger partial charge is 0.0738 e. The van der Waals surface area contributed by atoms with E-state index < -0.39 is 0 Å². The summed E-state index contributed by atoms with van der Waals surface area (Å²) in [5, 5.41) is -0.0261. The van der Waals surface area contributed by atoms with E-state index in [4.69, 9.17) is 12.6 Å². The van der Waals surface area contributed by atoms with Gasteiger partial charge in [-0.05, 0) is 27.2 Å². The van der Waals surface area contributed by atoms with Crippen LogP contribution in [-0.4, -0.2) is 20.1 Å². The fraction of sp³-hybridized carbons (Fsp3) is 1.00. The van der Waals surface area contributed by atoms with Gasteiger partial charge in [0.15, 0.2) is 0 Å². The zero-order valence-electron chi connectivity index (χ0n) is 9.81. The van der Waals surface area contributed by atoms with Crippen molar-refractivity contribution in [3.8, 4) is 0 Å². The average molecular weight is 182 g/mol. The molecule has 0 spiro atoms. The maximum Gasteiger partial charge on any atom is 0.0738 e. The fourth-order valence-corrected chi connectivity index (χ4v) is 1.06. The van der Waals surface area contributed by atoms with Gasteiger partial charge >= 0.3 is 0 Å². The van der Waals surface area contributed by atoms with E-state index in [1.54, 1.807) is 0 Å². The molecular weight excluding hydrogens is 159 g/mol. The van der Waals surface area contributed by atoms with Crippen LogP contribution in [0.2, 0.25) is 5.31 Å². The molecule has 0 bridgehead atoms. The highest BCUT2D eigenvalue weighted by atomic mass is 16.5. The lowest BCUT2D eigenvalue weighted by atomic mass is 9.69. The van der Waals surface area contributed by atoms with Crippen molar-refractivity contribution in [2.75, 3.05) is 6.61 Å². The van der Waals surface area contributed by atoms with Crippen molar-refractivity contribution in [1.29, 1.82) is 0 Å². The average Bonchev–Trinajstić information content (AvgIpc) is 1.81. The molecule has 0 saturated carbocycles. The first-order valence-corrected chi connectivity index (χ1v) is 5.14. The summed E-state index contributed by atoms with van der Waals surface area (Å²) in [6, 6.07) is 0. The van der Waals surface area contributed by atoms with E-state index in [1.165, 1.54) is 0 Å². The van der Waals surface area contributed by atoms with E-state index in [9.17, 15) is 0 Å². The zero-order valence-corrected chi connectivity index (χ0v) is 9.81. The summed E-state index contributed by atoms with van der Waals surface area (Å²) in [5.41, 5.74) is -0.00175. The Kier molecular flexibility index (Phi) is 5.05. The molecule has 0 unspecified atom stereocenters. The first-order chi connectivity index (χ1) is 5.71. The van der Waals surface area contributed by atoms with Gasteiger partial charge in [0, 0.05) is 6.61 Å². The highest BCUT2D eigenvalue weighted by Crippen LogP contribution is 2.26. The molecule has 0 N–H and O–H groups in total. The van der Waals surface area contributed by atoms with Gasteiger partial charge in [-0.2, -0.15) is 0 Å². The summed E-state index contributed by atoms with van der Waals surface area (Å²) < 4.78 is 5.60. The Hall–Kier alpha value is 0.0249. The monoisotopic (exact) mass is 182 g/mol. The minimum atomic E-state index is -0.0261. The molecule has 1 nitrogen and oxygen atoms in total. The molecule has 0 heterocycles. The van der Waals surface area contributed by atoms with Crippen LogP contribution in [0.15, 0.2) is 0 Å². The minimum absolute atomic E-state index is 0.00175. The van der Waals surface area contributed by atoms with E-state index in [-0.39, 0.29) is 10.9 Å². The molecule has 0 aliphatic carbocycles. The highest BCUT2D eigenvalue weighted by Gasteiger charge is 2.11. The van der Waals surface area contributed by atoms with E-state index >= 15 is 0 Å². The maximum atomic E-state index is 5.86. The van der Waals surface area contributed by atoms with Crippen LogP contribution < -0.4 is 0 Å². The Morgan fingerprint density at radius 2 is 1.54 bits per heavy atom. The van der Waals surface area contributed by atoms with Crippen LogP contribution in [0.3, 0.4) is 0 Å². The molecule has 0 saturated heterocycles. The van der Waals surface area contributed by atoms with Crippen LogP contribution in [0, 0.1) is 0 Å². The van der Waals surface area contributed by atoms with Gasteiger partial charge in [-0.1, -0.05) is 32.0 Å². The lowest BCUT2D eigenvalue weighted by molar-refractivity contribution is -0.00486. The van der Waals surface area contributed by atoms with Crippen LogP contribution >= 0.6 is 0 Å². The van der Waals surface area contributed by atoms with Crippen molar-refractivity contribution in [2.24, 2.45) is 0 Å². The SMILES string of the molecule is [B]C(C)(C)CCCCOC(C)(C)C. The number of ether oxygens (including phenoxy) is 1. The second-order valence-electron chi connectivity index (χ2n) is 5.41. The molecule has 13 heavy (non-hydrogen) atoms. The first kappa shape index (κ1) is 13.0. The Morgan fingerprint density at radius 1 is 1.00 bits per heavy atom.